The summed E-state index contributed by atoms with van der Waals surface area (Å²) < 4.78 is 0. The molecule has 1 aliphatic carbocycles. The summed E-state index contributed by atoms with van der Waals surface area (Å²) in [5.41, 5.74) is 0.212. The molecule has 5 nitrogen and oxygen atoms in total. The molecule has 2 N–H and O–H groups in total. The monoisotopic (exact) mass is 248 g/mol. The Kier molecular flexibility index (Phi) is 3.50. The van der Waals surface area contributed by atoms with E-state index in [1.807, 2.05) is 6.92 Å². The van der Waals surface area contributed by atoms with Gasteiger partial charge in [-0.25, -0.2) is 0 Å². The van der Waals surface area contributed by atoms with Crippen LogP contribution in [0.3, 0.4) is 0 Å². The van der Waals surface area contributed by atoms with Crippen molar-refractivity contribution in [3.05, 3.63) is 17.8 Å². The summed E-state index contributed by atoms with van der Waals surface area (Å²) >= 11 is 0. The molecule has 0 saturated heterocycles. The van der Waals surface area contributed by atoms with E-state index in [-0.39, 0.29) is 11.4 Å². The molecule has 1 aromatic heterocycles. The first-order valence-corrected chi connectivity index (χ1v) is 6.43. The Hall–Kier alpha value is -1.65. The SMILES string of the molecule is CCNc1ccc(C(=O)NC(C)(C)C2CC2)nn1. The minimum absolute atomic E-state index is 0.151. The van der Waals surface area contributed by atoms with E-state index in [1.54, 1.807) is 12.1 Å². The Morgan fingerprint density at radius 3 is 2.61 bits per heavy atom. The van der Waals surface area contributed by atoms with Gasteiger partial charge in [0.2, 0.25) is 0 Å². The van der Waals surface area contributed by atoms with E-state index in [9.17, 15) is 4.79 Å². The van der Waals surface area contributed by atoms with Crippen molar-refractivity contribution in [3.8, 4) is 0 Å². The Morgan fingerprint density at radius 1 is 1.39 bits per heavy atom. The van der Waals surface area contributed by atoms with Crippen LogP contribution in [0.25, 0.3) is 0 Å². The van der Waals surface area contributed by atoms with Gasteiger partial charge in [-0.2, -0.15) is 0 Å². The van der Waals surface area contributed by atoms with Gasteiger partial charge in [-0.1, -0.05) is 0 Å². The predicted molar refractivity (Wildman–Crippen MR) is 70.5 cm³/mol. The van der Waals surface area contributed by atoms with Gasteiger partial charge in [0.15, 0.2) is 5.69 Å². The van der Waals surface area contributed by atoms with Crippen molar-refractivity contribution in [1.82, 2.24) is 15.5 Å². The highest BCUT2D eigenvalue weighted by Gasteiger charge is 2.39. The van der Waals surface area contributed by atoms with E-state index in [2.05, 4.69) is 34.7 Å². The van der Waals surface area contributed by atoms with Gasteiger partial charge in [0, 0.05) is 12.1 Å². The average Bonchev–Trinajstić information content (AvgIpc) is 3.13. The van der Waals surface area contributed by atoms with E-state index >= 15 is 0 Å². The molecule has 5 heteroatoms. The maximum Gasteiger partial charge on any atom is 0.272 e. The van der Waals surface area contributed by atoms with Crippen LogP contribution in [0.2, 0.25) is 0 Å². The smallest absolute Gasteiger partial charge is 0.272 e. The van der Waals surface area contributed by atoms with E-state index in [1.165, 1.54) is 12.8 Å². The van der Waals surface area contributed by atoms with Gasteiger partial charge in [0.25, 0.3) is 5.91 Å². The van der Waals surface area contributed by atoms with Crippen molar-refractivity contribution in [2.75, 3.05) is 11.9 Å². The third-order valence-electron chi connectivity index (χ3n) is 3.29. The highest BCUT2D eigenvalue weighted by atomic mass is 16.2. The topological polar surface area (TPSA) is 66.9 Å². The van der Waals surface area contributed by atoms with Crippen molar-refractivity contribution >= 4 is 11.7 Å². The molecule has 1 amide bonds. The van der Waals surface area contributed by atoms with Crippen LogP contribution < -0.4 is 10.6 Å². The molecule has 0 radical (unpaired) electrons. The van der Waals surface area contributed by atoms with Crippen LogP contribution in [-0.4, -0.2) is 28.2 Å². The Morgan fingerprint density at radius 2 is 2.11 bits per heavy atom. The van der Waals surface area contributed by atoms with Crippen molar-refractivity contribution < 1.29 is 4.79 Å². The first kappa shape index (κ1) is 12.8. The molecule has 1 aromatic rings. The minimum atomic E-state index is -0.154. The standard InChI is InChI=1S/C13H20N4O/c1-4-14-11-8-7-10(16-17-11)12(18)15-13(2,3)9-5-6-9/h7-9H,4-6H2,1-3H3,(H,14,17)(H,15,18). The zero-order chi connectivity index (χ0) is 13.2. The minimum Gasteiger partial charge on any atom is -0.369 e. The van der Waals surface area contributed by atoms with Gasteiger partial charge in [0.05, 0.1) is 0 Å². The zero-order valence-electron chi connectivity index (χ0n) is 11.2. The lowest BCUT2D eigenvalue weighted by molar-refractivity contribution is 0.0897. The molecule has 18 heavy (non-hydrogen) atoms. The Bertz CT molecular complexity index is 423. The molecule has 2 rings (SSSR count). The van der Waals surface area contributed by atoms with Crippen LogP contribution in [0.15, 0.2) is 12.1 Å². The fourth-order valence-corrected chi connectivity index (χ4v) is 1.99. The van der Waals surface area contributed by atoms with Gasteiger partial charge in [-0.05, 0) is 51.7 Å². The number of rotatable bonds is 5. The maximum atomic E-state index is 12.0. The third-order valence-corrected chi connectivity index (χ3v) is 3.29. The summed E-state index contributed by atoms with van der Waals surface area (Å²) in [6.45, 7) is 6.89. The number of carbonyl (C=O) groups is 1. The van der Waals surface area contributed by atoms with Crippen molar-refractivity contribution in [3.63, 3.8) is 0 Å². The summed E-state index contributed by atoms with van der Waals surface area (Å²) in [5.74, 6) is 1.13. The van der Waals surface area contributed by atoms with Crippen molar-refractivity contribution in [1.29, 1.82) is 0 Å². The number of anilines is 1. The van der Waals surface area contributed by atoms with Crippen LogP contribution >= 0.6 is 0 Å². The quantitative estimate of drug-likeness (QED) is 0.834. The summed E-state index contributed by atoms with van der Waals surface area (Å²) in [7, 11) is 0. The predicted octanol–water partition coefficient (Wildman–Crippen LogP) is 1.83. The second-order valence-corrected chi connectivity index (χ2v) is 5.28. The normalized spacial score (nSPS) is 15.3. The summed E-state index contributed by atoms with van der Waals surface area (Å²) in [6, 6.07) is 3.47. The second kappa shape index (κ2) is 4.92. The van der Waals surface area contributed by atoms with Crippen LogP contribution in [0.1, 0.15) is 44.1 Å². The Labute approximate surface area is 107 Å². The molecule has 0 aliphatic heterocycles. The molecule has 0 aromatic carbocycles. The molecular weight excluding hydrogens is 228 g/mol. The first-order valence-electron chi connectivity index (χ1n) is 6.43. The molecule has 1 saturated carbocycles. The van der Waals surface area contributed by atoms with Gasteiger partial charge in [-0.3, -0.25) is 4.79 Å². The van der Waals surface area contributed by atoms with Crippen LogP contribution in [-0.2, 0) is 0 Å². The number of hydrogen-bond donors (Lipinski definition) is 2. The lowest BCUT2D eigenvalue weighted by Gasteiger charge is -2.25. The number of nitrogens with one attached hydrogen (secondary N) is 2. The summed E-state index contributed by atoms with van der Waals surface area (Å²) in [4.78, 5) is 12.0. The largest absolute Gasteiger partial charge is 0.369 e. The third kappa shape index (κ3) is 2.97. The Balaban J connectivity index is 2.00. The molecule has 0 spiro atoms. The number of carbonyl (C=O) groups excluding carboxylic acids is 1. The molecule has 0 atom stereocenters. The summed E-state index contributed by atoms with van der Waals surface area (Å²) in [5, 5.41) is 14.0. The van der Waals surface area contributed by atoms with Gasteiger partial charge in [0.1, 0.15) is 5.82 Å². The number of hydrogen-bond acceptors (Lipinski definition) is 4. The molecule has 0 unspecified atom stereocenters. The number of nitrogens with zero attached hydrogens (tertiary/aromatic N) is 2. The highest BCUT2D eigenvalue weighted by molar-refractivity contribution is 5.92. The maximum absolute atomic E-state index is 12.0. The lowest BCUT2D eigenvalue weighted by Crippen LogP contribution is -2.45. The molecule has 98 valence electrons. The highest BCUT2D eigenvalue weighted by Crippen LogP contribution is 2.39. The van der Waals surface area contributed by atoms with Crippen LogP contribution in [0.4, 0.5) is 5.82 Å². The van der Waals surface area contributed by atoms with Gasteiger partial charge in [-0.15, -0.1) is 10.2 Å². The molecule has 1 aliphatic rings. The zero-order valence-corrected chi connectivity index (χ0v) is 11.2. The first-order chi connectivity index (χ1) is 8.53. The number of amides is 1. The van der Waals surface area contributed by atoms with Crippen LogP contribution in [0, 0.1) is 5.92 Å². The fourth-order valence-electron chi connectivity index (χ4n) is 1.99. The van der Waals surface area contributed by atoms with Crippen molar-refractivity contribution in [2.45, 2.75) is 39.2 Å². The van der Waals surface area contributed by atoms with E-state index in [0.717, 1.165) is 6.54 Å². The van der Waals surface area contributed by atoms with E-state index in [0.29, 0.717) is 17.4 Å². The molecule has 1 fully saturated rings. The van der Waals surface area contributed by atoms with E-state index < -0.39 is 0 Å². The number of aromatic nitrogens is 2. The van der Waals surface area contributed by atoms with Crippen molar-refractivity contribution in [2.24, 2.45) is 5.92 Å². The fraction of sp³-hybridized carbons (Fsp3) is 0.615. The van der Waals surface area contributed by atoms with Gasteiger partial charge >= 0.3 is 0 Å². The second-order valence-electron chi connectivity index (χ2n) is 5.28. The van der Waals surface area contributed by atoms with Gasteiger partial charge < -0.3 is 10.6 Å². The average molecular weight is 248 g/mol. The summed E-state index contributed by atoms with van der Waals surface area (Å²) in [6.07, 6.45) is 2.39. The molecule has 1 heterocycles. The lowest BCUT2D eigenvalue weighted by atomic mass is 9.98. The molecular formula is C13H20N4O. The van der Waals surface area contributed by atoms with Crippen LogP contribution in [0.5, 0.6) is 0 Å². The molecule has 0 bridgehead atoms. The van der Waals surface area contributed by atoms with E-state index in [4.69, 9.17) is 0 Å².